The Morgan fingerprint density at radius 3 is 2.69 bits per heavy atom. The second kappa shape index (κ2) is 5.94. The number of hydrogen-bond acceptors (Lipinski definition) is 3. The molecule has 0 saturated carbocycles. The van der Waals surface area contributed by atoms with Gasteiger partial charge in [0.05, 0.1) is 12.1 Å². The van der Waals surface area contributed by atoms with Gasteiger partial charge in [-0.05, 0) is 18.2 Å². The quantitative estimate of drug-likeness (QED) is 0.784. The fraction of sp³-hybridized carbons (Fsp3) is 0.300. The fourth-order valence-corrected chi connectivity index (χ4v) is 1.39. The van der Waals surface area contributed by atoms with Crippen LogP contribution in [0.4, 0.5) is 0 Å². The third kappa shape index (κ3) is 3.56. The van der Waals surface area contributed by atoms with E-state index in [1.807, 2.05) is 0 Å². The lowest BCUT2D eigenvalue weighted by atomic mass is 10.3. The summed E-state index contributed by atoms with van der Waals surface area (Å²) in [6.07, 6.45) is 0. The Labute approximate surface area is 104 Å². The van der Waals surface area contributed by atoms with Gasteiger partial charge in [-0.15, -0.1) is 0 Å². The summed E-state index contributed by atoms with van der Waals surface area (Å²) in [5.41, 5.74) is 0. The van der Waals surface area contributed by atoms with Crippen molar-refractivity contribution in [3.63, 3.8) is 0 Å². The van der Waals surface area contributed by atoms with Crippen molar-refractivity contribution in [2.24, 2.45) is 0 Å². The lowest BCUT2D eigenvalue weighted by Gasteiger charge is -2.14. The van der Waals surface area contributed by atoms with Crippen LogP contribution in [-0.4, -0.2) is 31.7 Å². The van der Waals surface area contributed by atoms with Gasteiger partial charge in [0.15, 0.2) is 6.61 Å². The minimum atomic E-state index is -0.312. The van der Waals surface area contributed by atoms with Crippen molar-refractivity contribution in [2.75, 3.05) is 20.8 Å². The van der Waals surface area contributed by atoms with Crippen molar-refractivity contribution in [1.29, 1.82) is 0 Å². The third-order valence-corrected chi connectivity index (χ3v) is 2.40. The number of benzene rings is 1. The Kier molecular flexibility index (Phi) is 4.86. The first-order valence-electron chi connectivity index (χ1n) is 4.43. The van der Waals surface area contributed by atoms with Crippen LogP contribution in [0.5, 0.6) is 5.75 Å². The molecular formula is C10H11Cl2NO3. The van der Waals surface area contributed by atoms with E-state index in [2.05, 4.69) is 0 Å². The predicted molar refractivity (Wildman–Crippen MR) is 61.7 cm³/mol. The van der Waals surface area contributed by atoms with Gasteiger partial charge in [0, 0.05) is 12.1 Å². The maximum absolute atomic E-state index is 11.3. The molecule has 1 aromatic rings. The molecule has 0 aliphatic rings. The monoisotopic (exact) mass is 263 g/mol. The van der Waals surface area contributed by atoms with E-state index in [1.165, 1.54) is 14.2 Å². The summed E-state index contributed by atoms with van der Waals surface area (Å²) in [4.78, 5) is 16.0. The normalized spacial score (nSPS) is 10.0. The number of hydrogen-bond donors (Lipinski definition) is 0. The summed E-state index contributed by atoms with van der Waals surface area (Å²) < 4.78 is 5.21. The lowest BCUT2D eigenvalue weighted by molar-refractivity contribution is -0.170. The fourth-order valence-electron chi connectivity index (χ4n) is 0.924. The number of likely N-dealkylation sites (N-methyl/N-ethyl adjacent to an activating group) is 1. The van der Waals surface area contributed by atoms with E-state index in [4.69, 9.17) is 32.8 Å². The average Bonchev–Trinajstić information content (AvgIpc) is 2.26. The first kappa shape index (κ1) is 13.1. The van der Waals surface area contributed by atoms with E-state index >= 15 is 0 Å². The molecule has 0 spiro atoms. The average molecular weight is 264 g/mol. The van der Waals surface area contributed by atoms with Gasteiger partial charge < -0.3 is 4.74 Å². The van der Waals surface area contributed by atoms with Gasteiger partial charge in [-0.2, -0.15) is 0 Å². The summed E-state index contributed by atoms with van der Waals surface area (Å²) in [7, 11) is 2.89. The van der Waals surface area contributed by atoms with Crippen LogP contribution < -0.4 is 4.74 Å². The smallest absolute Gasteiger partial charge is 0.283 e. The summed E-state index contributed by atoms with van der Waals surface area (Å²) in [6.45, 7) is -0.147. The molecule has 0 radical (unpaired) electrons. The molecule has 0 atom stereocenters. The van der Waals surface area contributed by atoms with Crippen LogP contribution in [0.25, 0.3) is 0 Å². The third-order valence-electron chi connectivity index (χ3n) is 1.87. The van der Waals surface area contributed by atoms with Crippen LogP contribution in [-0.2, 0) is 9.63 Å². The van der Waals surface area contributed by atoms with Crippen molar-refractivity contribution in [1.82, 2.24) is 5.06 Å². The molecule has 0 aliphatic carbocycles. The van der Waals surface area contributed by atoms with Gasteiger partial charge >= 0.3 is 0 Å². The van der Waals surface area contributed by atoms with Crippen molar-refractivity contribution < 1.29 is 14.4 Å². The van der Waals surface area contributed by atoms with Gasteiger partial charge in [0.25, 0.3) is 5.91 Å². The molecule has 16 heavy (non-hydrogen) atoms. The number of ether oxygens (including phenoxy) is 1. The Morgan fingerprint density at radius 2 is 2.12 bits per heavy atom. The molecular weight excluding hydrogens is 253 g/mol. The van der Waals surface area contributed by atoms with Crippen LogP contribution in [0.15, 0.2) is 18.2 Å². The van der Waals surface area contributed by atoms with Gasteiger partial charge in [-0.25, -0.2) is 5.06 Å². The number of hydroxylamine groups is 2. The van der Waals surface area contributed by atoms with Crippen molar-refractivity contribution >= 4 is 29.1 Å². The largest absolute Gasteiger partial charge is 0.482 e. The minimum absolute atomic E-state index is 0.147. The van der Waals surface area contributed by atoms with E-state index in [1.54, 1.807) is 18.2 Å². The first-order chi connectivity index (χ1) is 7.54. The zero-order valence-corrected chi connectivity index (χ0v) is 10.4. The van der Waals surface area contributed by atoms with Crippen LogP contribution in [0.2, 0.25) is 10.0 Å². The predicted octanol–water partition coefficient (Wildman–Crippen LogP) is 2.39. The second-order valence-corrected chi connectivity index (χ2v) is 3.78. The zero-order valence-electron chi connectivity index (χ0n) is 8.87. The Balaban J connectivity index is 2.58. The van der Waals surface area contributed by atoms with E-state index in [0.717, 1.165) is 5.06 Å². The van der Waals surface area contributed by atoms with E-state index in [0.29, 0.717) is 15.8 Å². The molecule has 0 bridgehead atoms. The Morgan fingerprint density at radius 1 is 1.44 bits per heavy atom. The molecule has 6 heteroatoms. The Bertz CT molecular complexity index is 384. The summed E-state index contributed by atoms with van der Waals surface area (Å²) in [6, 6.07) is 4.78. The molecule has 0 N–H and O–H groups in total. The molecule has 0 aliphatic heterocycles. The van der Waals surface area contributed by atoms with Crippen molar-refractivity contribution in [3.8, 4) is 5.75 Å². The van der Waals surface area contributed by atoms with E-state index in [9.17, 15) is 4.79 Å². The maximum Gasteiger partial charge on any atom is 0.283 e. The summed E-state index contributed by atoms with van der Waals surface area (Å²) in [5.74, 6) is 0.0948. The van der Waals surface area contributed by atoms with Gasteiger partial charge in [-0.1, -0.05) is 23.2 Å². The number of nitrogens with zero attached hydrogens (tertiary/aromatic N) is 1. The number of rotatable bonds is 4. The second-order valence-electron chi connectivity index (χ2n) is 2.94. The summed E-state index contributed by atoms with van der Waals surface area (Å²) in [5, 5.41) is 1.95. The summed E-state index contributed by atoms with van der Waals surface area (Å²) >= 11 is 11.6. The van der Waals surface area contributed by atoms with Gasteiger partial charge in [0.1, 0.15) is 5.75 Å². The van der Waals surface area contributed by atoms with Crippen molar-refractivity contribution in [3.05, 3.63) is 28.2 Å². The molecule has 0 unspecified atom stereocenters. The number of amides is 1. The molecule has 1 aromatic carbocycles. The number of carbonyl (C=O) groups excluding carboxylic acids is 1. The van der Waals surface area contributed by atoms with E-state index < -0.39 is 0 Å². The molecule has 1 rings (SSSR count). The first-order valence-corrected chi connectivity index (χ1v) is 5.18. The van der Waals surface area contributed by atoms with Crippen molar-refractivity contribution in [2.45, 2.75) is 0 Å². The van der Waals surface area contributed by atoms with Crippen LogP contribution >= 0.6 is 23.2 Å². The highest BCUT2D eigenvalue weighted by Crippen LogP contribution is 2.27. The molecule has 0 saturated heterocycles. The lowest BCUT2D eigenvalue weighted by Crippen LogP contribution is -2.30. The molecule has 0 fully saturated rings. The van der Waals surface area contributed by atoms with E-state index in [-0.39, 0.29) is 12.5 Å². The molecule has 4 nitrogen and oxygen atoms in total. The van der Waals surface area contributed by atoms with Crippen LogP contribution in [0.3, 0.4) is 0 Å². The SMILES string of the molecule is CON(C)C(=O)COc1ccc(Cl)cc1Cl. The Hall–Kier alpha value is -0.970. The molecule has 1 amide bonds. The van der Waals surface area contributed by atoms with Crippen LogP contribution in [0, 0.1) is 0 Å². The molecule has 0 aromatic heterocycles. The molecule has 0 heterocycles. The maximum atomic E-state index is 11.3. The zero-order chi connectivity index (χ0) is 12.1. The minimum Gasteiger partial charge on any atom is -0.482 e. The highest BCUT2D eigenvalue weighted by Gasteiger charge is 2.10. The number of halogens is 2. The van der Waals surface area contributed by atoms with Gasteiger partial charge in [0.2, 0.25) is 0 Å². The topological polar surface area (TPSA) is 38.8 Å². The van der Waals surface area contributed by atoms with Gasteiger partial charge in [-0.3, -0.25) is 9.63 Å². The number of carbonyl (C=O) groups is 1. The standard InChI is InChI=1S/C10H11Cl2NO3/c1-13(15-2)10(14)6-16-9-4-3-7(11)5-8(9)12/h3-5H,6H2,1-2H3. The highest BCUT2D eigenvalue weighted by atomic mass is 35.5. The van der Waals surface area contributed by atoms with Crippen LogP contribution in [0.1, 0.15) is 0 Å². The molecule has 88 valence electrons. The highest BCUT2D eigenvalue weighted by molar-refractivity contribution is 6.35.